The molecule has 0 amide bonds. The van der Waals surface area contributed by atoms with E-state index in [0.29, 0.717) is 0 Å². The number of carboxylic acids is 1. The smallest absolute Gasteiger partial charge is 0.307 e. The average molecular weight is 273 g/mol. The van der Waals surface area contributed by atoms with Gasteiger partial charge in [-0.05, 0) is 43.2 Å². The molecule has 3 nitrogen and oxygen atoms in total. The van der Waals surface area contributed by atoms with Crippen LogP contribution in [0.5, 0.6) is 0 Å². The summed E-state index contributed by atoms with van der Waals surface area (Å²) in [6, 6.07) is 10.5. The van der Waals surface area contributed by atoms with Crippen molar-refractivity contribution in [2.45, 2.75) is 38.6 Å². The van der Waals surface area contributed by atoms with Crippen LogP contribution in [0.15, 0.2) is 30.3 Å². The molecule has 1 heterocycles. The van der Waals surface area contributed by atoms with Crippen molar-refractivity contribution < 1.29 is 9.90 Å². The minimum atomic E-state index is -0.580. The van der Waals surface area contributed by atoms with Crippen LogP contribution in [0.4, 0.5) is 0 Å². The molecule has 2 atom stereocenters. The predicted octanol–water partition coefficient (Wildman–Crippen LogP) is 3.15. The van der Waals surface area contributed by atoms with Crippen LogP contribution in [-0.2, 0) is 11.3 Å². The Kier molecular flexibility index (Phi) is 3.79. The maximum absolute atomic E-state index is 11.5. The third kappa shape index (κ3) is 2.59. The Morgan fingerprint density at radius 3 is 2.75 bits per heavy atom. The van der Waals surface area contributed by atoms with Crippen molar-refractivity contribution in [2.75, 3.05) is 13.1 Å². The average Bonchev–Trinajstić information content (AvgIpc) is 2.83. The van der Waals surface area contributed by atoms with Crippen LogP contribution in [-0.4, -0.2) is 29.1 Å². The molecule has 1 spiro atoms. The van der Waals surface area contributed by atoms with E-state index < -0.39 is 5.97 Å². The Bertz CT molecular complexity index is 473. The van der Waals surface area contributed by atoms with Gasteiger partial charge in [-0.15, -0.1) is 0 Å². The van der Waals surface area contributed by atoms with Crippen LogP contribution in [0.25, 0.3) is 0 Å². The van der Waals surface area contributed by atoms with Gasteiger partial charge in [0.1, 0.15) is 0 Å². The summed E-state index contributed by atoms with van der Waals surface area (Å²) in [5.41, 5.74) is 1.37. The summed E-state index contributed by atoms with van der Waals surface area (Å²) in [7, 11) is 0. The summed E-state index contributed by atoms with van der Waals surface area (Å²) in [5, 5.41) is 9.49. The Labute approximate surface area is 120 Å². The fraction of sp³-hybridized carbons (Fsp3) is 0.588. The normalized spacial score (nSPS) is 30.7. The van der Waals surface area contributed by atoms with Crippen molar-refractivity contribution in [3.8, 4) is 0 Å². The molecule has 0 unspecified atom stereocenters. The number of piperidine rings is 1. The number of likely N-dealkylation sites (tertiary alicyclic amines) is 1. The Hall–Kier alpha value is -1.35. The highest BCUT2D eigenvalue weighted by Crippen LogP contribution is 2.49. The minimum Gasteiger partial charge on any atom is -0.481 e. The van der Waals surface area contributed by atoms with Crippen LogP contribution in [0.1, 0.15) is 37.7 Å². The van der Waals surface area contributed by atoms with Gasteiger partial charge >= 0.3 is 5.97 Å². The number of hydrogen-bond donors (Lipinski definition) is 1. The van der Waals surface area contributed by atoms with E-state index in [2.05, 4.69) is 29.2 Å². The van der Waals surface area contributed by atoms with Crippen molar-refractivity contribution in [2.24, 2.45) is 11.3 Å². The first-order chi connectivity index (χ1) is 9.70. The highest BCUT2D eigenvalue weighted by Gasteiger charge is 2.48. The second-order valence-corrected chi connectivity index (χ2v) is 6.45. The number of nitrogens with zero attached hydrogens (tertiary/aromatic N) is 1. The van der Waals surface area contributed by atoms with Gasteiger partial charge in [-0.25, -0.2) is 0 Å². The number of benzene rings is 1. The molecular formula is C17H23NO2. The SMILES string of the molecule is O=C(O)[C@@H]1CCC[C@]12CCCN(Cc1ccccc1)C2. The summed E-state index contributed by atoms with van der Waals surface area (Å²) in [6.45, 7) is 3.01. The van der Waals surface area contributed by atoms with Gasteiger partial charge in [-0.3, -0.25) is 9.69 Å². The zero-order chi connectivity index (χ0) is 14.0. The van der Waals surface area contributed by atoms with Crippen LogP contribution < -0.4 is 0 Å². The van der Waals surface area contributed by atoms with Crippen molar-refractivity contribution in [1.29, 1.82) is 0 Å². The van der Waals surface area contributed by atoms with E-state index in [1.165, 1.54) is 5.56 Å². The summed E-state index contributed by atoms with van der Waals surface area (Å²) in [6.07, 6.45) is 5.27. The van der Waals surface area contributed by atoms with Crippen molar-refractivity contribution in [3.63, 3.8) is 0 Å². The molecule has 1 aliphatic heterocycles. The molecule has 3 rings (SSSR count). The highest BCUT2D eigenvalue weighted by molar-refractivity contribution is 5.71. The van der Waals surface area contributed by atoms with Crippen molar-refractivity contribution >= 4 is 5.97 Å². The molecule has 2 aliphatic rings. The van der Waals surface area contributed by atoms with Crippen LogP contribution in [0.2, 0.25) is 0 Å². The van der Waals surface area contributed by atoms with Crippen molar-refractivity contribution in [3.05, 3.63) is 35.9 Å². The van der Waals surface area contributed by atoms with Gasteiger partial charge in [0.05, 0.1) is 5.92 Å². The van der Waals surface area contributed by atoms with Gasteiger partial charge in [0.25, 0.3) is 0 Å². The standard InChI is InChI=1S/C17H23NO2/c19-16(20)15-8-4-9-17(15)10-5-11-18(13-17)12-14-6-2-1-3-7-14/h1-3,6-7,15H,4-5,8-13H2,(H,19,20)/t15-,17+/m0/s1. The van der Waals surface area contributed by atoms with Gasteiger partial charge < -0.3 is 5.11 Å². The van der Waals surface area contributed by atoms with E-state index >= 15 is 0 Å². The molecular weight excluding hydrogens is 250 g/mol. The zero-order valence-electron chi connectivity index (χ0n) is 11.9. The predicted molar refractivity (Wildman–Crippen MR) is 78.4 cm³/mol. The first-order valence-corrected chi connectivity index (χ1v) is 7.69. The molecule has 1 aromatic rings. The van der Waals surface area contributed by atoms with Gasteiger partial charge in [0, 0.05) is 13.1 Å². The maximum Gasteiger partial charge on any atom is 0.307 e. The van der Waals surface area contributed by atoms with E-state index in [4.69, 9.17) is 0 Å². The summed E-state index contributed by atoms with van der Waals surface area (Å²) >= 11 is 0. The number of hydrogen-bond acceptors (Lipinski definition) is 2. The lowest BCUT2D eigenvalue weighted by Gasteiger charge is -2.43. The Morgan fingerprint density at radius 1 is 1.25 bits per heavy atom. The van der Waals surface area contributed by atoms with Crippen LogP contribution in [0.3, 0.4) is 0 Å². The van der Waals surface area contributed by atoms with E-state index in [9.17, 15) is 9.90 Å². The van der Waals surface area contributed by atoms with Gasteiger partial charge in [0.2, 0.25) is 0 Å². The number of aliphatic carboxylic acids is 1. The van der Waals surface area contributed by atoms with Crippen LogP contribution in [0, 0.1) is 11.3 Å². The number of carboxylic acid groups (broad SMARTS) is 1. The Balaban J connectivity index is 1.71. The monoisotopic (exact) mass is 273 g/mol. The maximum atomic E-state index is 11.5. The molecule has 0 aromatic heterocycles. The molecule has 2 fully saturated rings. The molecule has 1 aliphatic carbocycles. The fourth-order valence-corrected chi connectivity index (χ4v) is 4.25. The minimum absolute atomic E-state index is 0.0405. The Morgan fingerprint density at radius 2 is 2.00 bits per heavy atom. The lowest BCUT2D eigenvalue weighted by molar-refractivity contribution is -0.147. The summed E-state index contributed by atoms with van der Waals surface area (Å²) in [4.78, 5) is 14.0. The largest absolute Gasteiger partial charge is 0.481 e. The second-order valence-electron chi connectivity index (χ2n) is 6.45. The molecule has 0 bridgehead atoms. The van der Waals surface area contributed by atoms with E-state index in [1.807, 2.05) is 6.07 Å². The molecule has 3 heteroatoms. The van der Waals surface area contributed by atoms with E-state index in [0.717, 1.165) is 51.7 Å². The second kappa shape index (κ2) is 5.57. The van der Waals surface area contributed by atoms with Crippen molar-refractivity contribution in [1.82, 2.24) is 4.90 Å². The number of carbonyl (C=O) groups is 1. The van der Waals surface area contributed by atoms with Gasteiger partial charge in [0.15, 0.2) is 0 Å². The molecule has 1 N–H and O–H groups in total. The molecule has 1 saturated heterocycles. The third-order valence-electron chi connectivity index (χ3n) is 5.14. The highest BCUT2D eigenvalue weighted by atomic mass is 16.4. The summed E-state index contributed by atoms with van der Waals surface area (Å²) in [5.74, 6) is -0.704. The quantitative estimate of drug-likeness (QED) is 0.919. The molecule has 108 valence electrons. The molecule has 1 aromatic carbocycles. The summed E-state index contributed by atoms with van der Waals surface area (Å²) < 4.78 is 0. The first kappa shape index (κ1) is 13.6. The lowest BCUT2D eigenvalue weighted by atomic mass is 9.72. The first-order valence-electron chi connectivity index (χ1n) is 7.69. The molecule has 1 saturated carbocycles. The topological polar surface area (TPSA) is 40.5 Å². The molecule has 0 radical (unpaired) electrons. The lowest BCUT2D eigenvalue weighted by Crippen LogP contribution is -2.46. The van der Waals surface area contributed by atoms with E-state index in [-0.39, 0.29) is 11.3 Å². The number of rotatable bonds is 3. The van der Waals surface area contributed by atoms with E-state index in [1.54, 1.807) is 0 Å². The zero-order valence-corrected chi connectivity index (χ0v) is 11.9. The van der Waals surface area contributed by atoms with Crippen LogP contribution >= 0.6 is 0 Å². The molecule has 20 heavy (non-hydrogen) atoms. The van der Waals surface area contributed by atoms with Gasteiger partial charge in [-0.1, -0.05) is 36.8 Å². The fourth-order valence-electron chi connectivity index (χ4n) is 4.25. The van der Waals surface area contributed by atoms with Gasteiger partial charge in [-0.2, -0.15) is 0 Å². The third-order valence-corrected chi connectivity index (χ3v) is 5.14.